The van der Waals surface area contributed by atoms with E-state index in [-0.39, 0.29) is 12.2 Å². The molecule has 344 valence electrons. The fraction of sp³-hybridized carbons (Fsp3) is 0.0541. The Hall–Kier alpha value is -6.90. The number of aromatic nitrogens is 2. The highest BCUT2D eigenvalue weighted by atomic mass is 19.4. The van der Waals surface area contributed by atoms with Gasteiger partial charge in [-0.3, -0.25) is 4.98 Å². The zero-order valence-corrected chi connectivity index (χ0v) is 30.3. The van der Waals surface area contributed by atoms with Crippen LogP contribution in [0.25, 0.3) is 0 Å². The molecule has 0 radical (unpaired) electrons. The van der Waals surface area contributed by atoms with E-state index < -0.39 is 157 Å². The third-order valence-electron chi connectivity index (χ3n) is 9.16. The first-order valence-electron chi connectivity index (χ1n) is 16.6. The minimum absolute atomic E-state index is 0.242. The van der Waals surface area contributed by atoms with Gasteiger partial charge in [-0.15, -0.1) is 35.0 Å². The minimum atomic E-state index is -7.22. The zero-order chi connectivity index (χ0) is 48.9. The lowest BCUT2D eigenvalue weighted by atomic mass is 9.12. The molecule has 1 heterocycles. The molecular weight excluding hydrogens is 952 g/mol. The quantitative estimate of drug-likeness (QED) is 0.0408. The Labute approximate surface area is 343 Å². The van der Waals surface area contributed by atoms with Crippen LogP contribution in [-0.2, 0) is 11.3 Å². The molecule has 0 aliphatic carbocycles. The number of benzene rings is 5. The molecule has 0 unspecified atom stereocenters. The Morgan fingerprint density at radius 1 is 0.462 bits per heavy atom. The second-order valence-electron chi connectivity index (χ2n) is 12.7. The van der Waals surface area contributed by atoms with Crippen molar-refractivity contribution in [2.24, 2.45) is 0 Å². The van der Waals surface area contributed by atoms with Crippen LogP contribution in [-0.4, -0.2) is 23.5 Å². The van der Waals surface area contributed by atoms with E-state index in [4.69, 9.17) is 0 Å². The van der Waals surface area contributed by atoms with Crippen LogP contribution in [0.4, 0.5) is 101 Å². The van der Waals surface area contributed by atoms with Gasteiger partial charge >= 0.3 is 18.0 Å². The molecule has 0 saturated carbocycles. The van der Waals surface area contributed by atoms with Crippen LogP contribution < -0.4 is 26.4 Å². The smallest absolute Gasteiger partial charge is 0.365 e. The van der Waals surface area contributed by atoms with Crippen molar-refractivity contribution in [2.75, 3.05) is 0 Å². The van der Waals surface area contributed by atoms with Crippen molar-refractivity contribution in [3.8, 4) is 0 Å². The second-order valence-corrected chi connectivity index (χ2v) is 12.7. The average Bonchev–Trinajstić information content (AvgIpc) is 3.26. The summed E-state index contributed by atoms with van der Waals surface area (Å²) in [5.41, 5.74) is -13.8. The number of carbonyl (C=O) groups excluding carboxylic acids is 1. The molecule has 0 spiro atoms. The predicted octanol–water partition coefficient (Wildman–Crippen LogP) is 7.94. The molecule has 0 atom stereocenters. The molecule has 28 heteroatoms. The van der Waals surface area contributed by atoms with Crippen LogP contribution in [0, 0.1) is 116 Å². The maximum absolute atomic E-state index is 15.4. The first-order valence-corrected chi connectivity index (χ1v) is 16.6. The molecule has 0 N–H and O–H groups in total. The van der Waals surface area contributed by atoms with Crippen molar-refractivity contribution >= 4 is 34.0 Å². The normalized spacial score (nSPS) is 11.7. The van der Waals surface area contributed by atoms with E-state index in [0.29, 0.717) is 0 Å². The van der Waals surface area contributed by atoms with Gasteiger partial charge in [-0.2, -0.15) is 4.57 Å². The highest BCUT2D eigenvalue weighted by Crippen LogP contribution is 2.31. The Morgan fingerprint density at radius 3 is 1.02 bits per heavy atom. The van der Waals surface area contributed by atoms with Crippen LogP contribution in [0.2, 0.25) is 0 Å². The first-order chi connectivity index (χ1) is 30.2. The van der Waals surface area contributed by atoms with Gasteiger partial charge in [0.05, 0.1) is 6.20 Å². The molecule has 1 aromatic heterocycles. The van der Waals surface area contributed by atoms with E-state index in [1.807, 2.05) is 6.07 Å². The van der Waals surface area contributed by atoms with Crippen LogP contribution >= 0.6 is 0 Å². The summed E-state index contributed by atoms with van der Waals surface area (Å²) in [6.07, 6.45) is -8.40. The number of rotatable bonds is 7. The number of alkyl halides is 3. The largest absolute Gasteiger partial charge is 0.575 e. The van der Waals surface area contributed by atoms with Crippen molar-refractivity contribution in [3.63, 3.8) is 0 Å². The van der Waals surface area contributed by atoms with Gasteiger partial charge in [0.25, 0.3) is 0 Å². The Balaban J connectivity index is 0.000000330. The van der Waals surface area contributed by atoms with Gasteiger partial charge < -0.3 is 4.74 Å². The molecule has 0 aliphatic heterocycles. The summed E-state index contributed by atoms with van der Waals surface area (Å²) in [4.78, 5) is 15.1. The highest BCUT2D eigenvalue weighted by Gasteiger charge is 2.52. The number of halogens is 23. The molecule has 0 aliphatic rings. The monoisotopic (exact) mass is 962 g/mol. The summed E-state index contributed by atoms with van der Waals surface area (Å²) in [5.74, 6) is -72.9. The van der Waals surface area contributed by atoms with E-state index in [1.165, 1.54) is 17.0 Å². The highest BCUT2D eigenvalue weighted by molar-refractivity contribution is 7.20. The summed E-state index contributed by atoms with van der Waals surface area (Å²) < 4.78 is 335. The van der Waals surface area contributed by atoms with Crippen LogP contribution in [0.1, 0.15) is 16.1 Å². The van der Waals surface area contributed by atoms with Crippen molar-refractivity contribution in [1.82, 2.24) is 4.98 Å². The molecule has 6 aromatic rings. The molecular formula is C37H10BF23N2O2. The van der Waals surface area contributed by atoms with Crippen molar-refractivity contribution in [2.45, 2.75) is 12.9 Å². The summed E-state index contributed by atoms with van der Waals surface area (Å²) in [6, 6.07) is 9.01. The number of ether oxygens (including phenoxy) is 1. The molecule has 5 aromatic carbocycles. The lowest BCUT2D eigenvalue weighted by Crippen LogP contribution is -2.81. The molecule has 6 rings (SSSR count). The molecule has 65 heavy (non-hydrogen) atoms. The fourth-order valence-corrected chi connectivity index (χ4v) is 6.51. The fourth-order valence-electron chi connectivity index (χ4n) is 6.51. The Morgan fingerprint density at radius 2 is 0.738 bits per heavy atom. The van der Waals surface area contributed by atoms with Gasteiger partial charge in [-0.1, -0.05) is 30.3 Å². The van der Waals surface area contributed by atoms with Crippen molar-refractivity contribution in [1.29, 1.82) is 0 Å². The van der Waals surface area contributed by atoms with Crippen LogP contribution in [0.5, 0.6) is 0 Å². The van der Waals surface area contributed by atoms with Crippen LogP contribution in [0.15, 0.2) is 48.9 Å². The summed E-state index contributed by atoms with van der Waals surface area (Å²) in [7, 11) is 0. The number of esters is 1. The van der Waals surface area contributed by atoms with E-state index in [1.54, 1.807) is 24.3 Å². The van der Waals surface area contributed by atoms with E-state index in [9.17, 15) is 70.7 Å². The SMILES string of the molecule is Fc1c(F)c(F)c([B-](c2c(F)c(F)c(F)c(F)c2F)(c2c(F)c(F)c(F)c(F)c2F)c2c(F)c(F)c(F)c(F)c2F)c(F)c1F.O=C(OC(F)(F)F)c1cncc[n+]1Cc1ccccc1. The van der Waals surface area contributed by atoms with Gasteiger partial charge in [0, 0.05) is 5.56 Å². The first kappa shape index (κ1) is 49.1. The summed E-state index contributed by atoms with van der Waals surface area (Å²) in [6.45, 7) is 0.242. The van der Waals surface area contributed by atoms with E-state index in [0.717, 1.165) is 11.8 Å². The van der Waals surface area contributed by atoms with E-state index in [2.05, 4.69) is 9.72 Å². The number of carbonyl (C=O) groups is 1. The molecule has 0 fully saturated rings. The predicted molar refractivity (Wildman–Crippen MR) is 171 cm³/mol. The average molecular weight is 962 g/mol. The maximum atomic E-state index is 15.4. The third-order valence-corrected chi connectivity index (χ3v) is 9.16. The summed E-state index contributed by atoms with van der Waals surface area (Å²) >= 11 is 0. The third kappa shape index (κ3) is 8.24. The van der Waals surface area contributed by atoms with Gasteiger partial charge in [0.1, 0.15) is 58.9 Å². The number of hydrogen-bond acceptors (Lipinski definition) is 3. The number of nitrogens with zero attached hydrogens (tertiary/aromatic N) is 2. The van der Waals surface area contributed by atoms with Crippen LogP contribution in [0.3, 0.4) is 0 Å². The standard InChI is InChI=1S/C24BF20.C13H10F3N2O2/c26-5-1(6(27)14(35)21(42)13(5)34)25(2-7(28)15(36)22(43)16(37)8(2)29,3-9(30)17(38)23(44)18(39)10(3)31)4-11(32)19(40)24(45)20(41)12(4)33;14-13(15,16)20-12(19)11-8-17-6-7-18(11)9-10-4-2-1-3-5-10/h;1-8H,9H2/q-1;+1. The summed E-state index contributed by atoms with van der Waals surface area (Å²) in [5, 5.41) is 0. The van der Waals surface area contributed by atoms with Gasteiger partial charge in [-0.05, 0) is 0 Å². The number of hydrogen-bond donors (Lipinski definition) is 0. The molecule has 4 nitrogen and oxygen atoms in total. The maximum Gasteiger partial charge on any atom is 0.575 e. The van der Waals surface area contributed by atoms with Gasteiger partial charge in [0.15, 0.2) is 82.5 Å². The Kier molecular flexibility index (Phi) is 13.6. The van der Waals surface area contributed by atoms with Gasteiger partial charge in [0.2, 0.25) is 0 Å². The van der Waals surface area contributed by atoms with Crippen molar-refractivity contribution in [3.05, 3.63) is 177 Å². The minimum Gasteiger partial charge on any atom is -0.365 e. The Bertz CT molecular complexity index is 2510. The van der Waals surface area contributed by atoms with Gasteiger partial charge in [-0.25, -0.2) is 92.6 Å². The molecule has 0 amide bonds. The van der Waals surface area contributed by atoms with Crippen molar-refractivity contribution < 1.29 is 115 Å². The lowest BCUT2D eigenvalue weighted by Gasteiger charge is -2.44. The lowest BCUT2D eigenvalue weighted by molar-refractivity contribution is -0.691. The topological polar surface area (TPSA) is 43.1 Å². The zero-order valence-electron chi connectivity index (χ0n) is 30.3. The second kappa shape index (κ2) is 17.9. The molecule has 0 saturated heterocycles. The van der Waals surface area contributed by atoms with E-state index >= 15 is 35.1 Å². The molecule has 0 bridgehead atoms.